The Morgan fingerprint density at radius 3 is 2.91 bits per heavy atom. The maximum absolute atomic E-state index is 5.98. The molecule has 23 heavy (non-hydrogen) atoms. The van der Waals surface area contributed by atoms with Gasteiger partial charge in [-0.3, -0.25) is 0 Å². The Morgan fingerprint density at radius 2 is 2.13 bits per heavy atom. The van der Waals surface area contributed by atoms with Crippen molar-refractivity contribution in [2.45, 2.75) is 44.7 Å². The molecule has 0 spiro atoms. The van der Waals surface area contributed by atoms with Crippen LogP contribution >= 0.6 is 0 Å². The van der Waals surface area contributed by atoms with Crippen molar-refractivity contribution in [1.82, 2.24) is 15.3 Å². The number of nitrogens with one attached hydrogen (secondary N) is 1. The standard InChI is InChI=1S/C18H24N4O/c1-13-10-16(13)17-6-5-15(23-17)11-21-14-4-2-9-22(12-14)18-19-7-3-8-20-18/h3,5-8,13-14,16,21H,2,4,9-12H2,1H3/t13-,14-,16+/m1/s1. The van der Waals surface area contributed by atoms with Crippen molar-refractivity contribution >= 4 is 5.95 Å². The molecule has 5 nitrogen and oxygen atoms in total. The SMILES string of the molecule is C[C@@H]1C[C@@H]1c1ccc(CN[C@@H]2CCCN(c3ncccn3)C2)o1. The van der Waals surface area contributed by atoms with Crippen LogP contribution in [0.5, 0.6) is 0 Å². The Balaban J connectivity index is 1.31. The molecule has 122 valence electrons. The summed E-state index contributed by atoms with van der Waals surface area (Å²) in [5, 5.41) is 3.63. The Morgan fingerprint density at radius 1 is 1.30 bits per heavy atom. The van der Waals surface area contributed by atoms with Gasteiger partial charge in [0.25, 0.3) is 0 Å². The van der Waals surface area contributed by atoms with Gasteiger partial charge in [0.1, 0.15) is 11.5 Å². The van der Waals surface area contributed by atoms with E-state index < -0.39 is 0 Å². The molecule has 1 saturated heterocycles. The summed E-state index contributed by atoms with van der Waals surface area (Å²) in [5.74, 6) is 4.50. The van der Waals surface area contributed by atoms with E-state index in [4.69, 9.17) is 4.42 Å². The molecular weight excluding hydrogens is 288 g/mol. The van der Waals surface area contributed by atoms with Crippen molar-refractivity contribution in [2.24, 2.45) is 5.92 Å². The number of furan rings is 1. The van der Waals surface area contributed by atoms with Gasteiger partial charge in [-0.2, -0.15) is 0 Å². The van der Waals surface area contributed by atoms with Gasteiger partial charge in [0.05, 0.1) is 6.54 Å². The predicted molar refractivity (Wildman–Crippen MR) is 89.3 cm³/mol. The fourth-order valence-electron chi connectivity index (χ4n) is 3.43. The molecule has 3 atom stereocenters. The number of rotatable bonds is 5. The van der Waals surface area contributed by atoms with Crippen LogP contribution in [0.15, 0.2) is 35.0 Å². The van der Waals surface area contributed by atoms with E-state index in [2.05, 4.69) is 39.2 Å². The quantitative estimate of drug-likeness (QED) is 0.920. The number of aromatic nitrogens is 2. The molecule has 0 amide bonds. The molecule has 2 aromatic heterocycles. The normalized spacial score (nSPS) is 27.2. The van der Waals surface area contributed by atoms with Crippen molar-refractivity contribution < 1.29 is 4.42 Å². The minimum atomic E-state index is 0.459. The highest BCUT2D eigenvalue weighted by Crippen LogP contribution is 2.47. The van der Waals surface area contributed by atoms with Gasteiger partial charge in [-0.1, -0.05) is 6.92 Å². The first-order chi connectivity index (χ1) is 11.3. The summed E-state index contributed by atoms with van der Waals surface area (Å²) >= 11 is 0. The van der Waals surface area contributed by atoms with Crippen LogP contribution in [0.3, 0.4) is 0 Å². The van der Waals surface area contributed by atoms with E-state index in [-0.39, 0.29) is 0 Å². The molecule has 2 aromatic rings. The van der Waals surface area contributed by atoms with E-state index in [0.717, 1.165) is 43.0 Å². The monoisotopic (exact) mass is 312 g/mol. The summed E-state index contributed by atoms with van der Waals surface area (Å²) in [4.78, 5) is 11.0. The molecule has 0 aromatic carbocycles. The van der Waals surface area contributed by atoms with E-state index in [9.17, 15) is 0 Å². The van der Waals surface area contributed by atoms with Gasteiger partial charge in [-0.15, -0.1) is 0 Å². The van der Waals surface area contributed by atoms with Crippen LogP contribution in [0, 0.1) is 5.92 Å². The minimum Gasteiger partial charge on any atom is -0.464 e. The van der Waals surface area contributed by atoms with E-state index in [1.54, 1.807) is 0 Å². The van der Waals surface area contributed by atoms with Crippen LogP contribution in [0.25, 0.3) is 0 Å². The Hall–Kier alpha value is -1.88. The lowest BCUT2D eigenvalue weighted by molar-refractivity contribution is 0.384. The first kappa shape index (κ1) is 14.7. The van der Waals surface area contributed by atoms with E-state index in [0.29, 0.717) is 12.0 Å². The van der Waals surface area contributed by atoms with Crippen LogP contribution in [-0.4, -0.2) is 29.1 Å². The second-order valence-electron chi connectivity index (χ2n) is 6.84. The molecule has 0 unspecified atom stereocenters. The Labute approximate surface area is 137 Å². The average Bonchev–Trinajstić information content (AvgIpc) is 3.15. The molecule has 4 rings (SSSR count). The van der Waals surface area contributed by atoms with Crippen LogP contribution in [0.1, 0.15) is 43.6 Å². The first-order valence-electron chi connectivity index (χ1n) is 8.63. The topological polar surface area (TPSA) is 54.2 Å². The van der Waals surface area contributed by atoms with Crippen molar-refractivity contribution in [3.63, 3.8) is 0 Å². The summed E-state index contributed by atoms with van der Waals surface area (Å²) in [6.45, 7) is 5.08. The summed E-state index contributed by atoms with van der Waals surface area (Å²) in [6, 6.07) is 6.59. The number of hydrogen-bond acceptors (Lipinski definition) is 5. The van der Waals surface area contributed by atoms with Gasteiger partial charge < -0.3 is 14.6 Å². The smallest absolute Gasteiger partial charge is 0.225 e. The number of piperidine rings is 1. The van der Waals surface area contributed by atoms with E-state index in [1.165, 1.54) is 19.3 Å². The van der Waals surface area contributed by atoms with Crippen LogP contribution in [0.4, 0.5) is 5.95 Å². The third kappa shape index (κ3) is 3.39. The third-order valence-corrected chi connectivity index (χ3v) is 4.98. The Bertz CT molecular complexity index is 641. The largest absolute Gasteiger partial charge is 0.464 e. The minimum absolute atomic E-state index is 0.459. The molecule has 1 saturated carbocycles. The predicted octanol–water partition coefficient (Wildman–Crippen LogP) is 2.95. The lowest BCUT2D eigenvalue weighted by atomic mass is 10.1. The first-order valence-corrected chi connectivity index (χ1v) is 8.63. The fourth-order valence-corrected chi connectivity index (χ4v) is 3.43. The molecule has 1 N–H and O–H groups in total. The average molecular weight is 312 g/mol. The summed E-state index contributed by atoms with van der Waals surface area (Å²) < 4.78 is 5.98. The van der Waals surface area contributed by atoms with Gasteiger partial charge in [0, 0.05) is 37.4 Å². The number of hydrogen-bond donors (Lipinski definition) is 1. The van der Waals surface area contributed by atoms with Crippen LogP contribution in [-0.2, 0) is 6.54 Å². The zero-order valence-corrected chi connectivity index (χ0v) is 13.6. The number of nitrogens with zero attached hydrogens (tertiary/aromatic N) is 3. The highest BCUT2D eigenvalue weighted by molar-refractivity contribution is 5.29. The molecule has 0 radical (unpaired) electrons. The molecule has 5 heteroatoms. The number of anilines is 1. The molecule has 2 fully saturated rings. The summed E-state index contributed by atoms with van der Waals surface area (Å²) in [6.07, 6.45) is 7.25. The molecule has 3 heterocycles. The molecular formula is C18H24N4O. The zero-order valence-electron chi connectivity index (χ0n) is 13.6. The van der Waals surface area contributed by atoms with Crippen molar-refractivity contribution in [3.8, 4) is 0 Å². The van der Waals surface area contributed by atoms with Crippen LogP contribution in [0.2, 0.25) is 0 Å². The van der Waals surface area contributed by atoms with Gasteiger partial charge in [0.2, 0.25) is 5.95 Å². The van der Waals surface area contributed by atoms with Gasteiger partial charge in [-0.25, -0.2) is 9.97 Å². The van der Waals surface area contributed by atoms with Crippen molar-refractivity contribution in [1.29, 1.82) is 0 Å². The second-order valence-corrected chi connectivity index (χ2v) is 6.84. The molecule has 1 aliphatic carbocycles. The lowest BCUT2D eigenvalue weighted by Gasteiger charge is -2.33. The molecule has 2 aliphatic rings. The Kier molecular flexibility index (Phi) is 4.04. The second kappa shape index (κ2) is 6.32. The van der Waals surface area contributed by atoms with Crippen molar-refractivity contribution in [3.05, 3.63) is 42.1 Å². The molecule has 0 bridgehead atoms. The van der Waals surface area contributed by atoms with Gasteiger partial charge >= 0.3 is 0 Å². The van der Waals surface area contributed by atoms with Crippen molar-refractivity contribution in [2.75, 3.05) is 18.0 Å². The highest BCUT2D eigenvalue weighted by atomic mass is 16.3. The van der Waals surface area contributed by atoms with Crippen LogP contribution < -0.4 is 10.2 Å². The highest BCUT2D eigenvalue weighted by Gasteiger charge is 2.36. The van der Waals surface area contributed by atoms with Gasteiger partial charge in [0.15, 0.2) is 0 Å². The zero-order chi connectivity index (χ0) is 15.6. The van der Waals surface area contributed by atoms with E-state index in [1.807, 2.05) is 18.5 Å². The third-order valence-electron chi connectivity index (χ3n) is 4.98. The lowest BCUT2D eigenvalue weighted by Crippen LogP contribution is -2.46. The van der Waals surface area contributed by atoms with Gasteiger partial charge in [-0.05, 0) is 43.4 Å². The summed E-state index contributed by atoms with van der Waals surface area (Å²) in [7, 11) is 0. The maximum Gasteiger partial charge on any atom is 0.225 e. The molecule has 1 aliphatic heterocycles. The fraction of sp³-hybridized carbons (Fsp3) is 0.556. The van der Waals surface area contributed by atoms with E-state index >= 15 is 0 Å². The summed E-state index contributed by atoms with van der Waals surface area (Å²) in [5.41, 5.74) is 0. The maximum atomic E-state index is 5.98.